The van der Waals surface area contributed by atoms with Crippen molar-refractivity contribution in [3.63, 3.8) is 0 Å². The van der Waals surface area contributed by atoms with Crippen LogP contribution in [0.15, 0.2) is 51.7 Å². The summed E-state index contributed by atoms with van der Waals surface area (Å²) in [4.78, 5) is 18.0. The number of carbonyl (C=O) groups is 1. The Morgan fingerprint density at radius 3 is 2.50 bits per heavy atom. The van der Waals surface area contributed by atoms with Crippen molar-refractivity contribution < 1.29 is 17.6 Å². The van der Waals surface area contributed by atoms with E-state index < -0.39 is 21.7 Å². The van der Waals surface area contributed by atoms with Crippen LogP contribution in [0, 0.1) is 5.82 Å². The van der Waals surface area contributed by atoms with Crippen molar-refractivity contribution in [3.8, 4) is 0 Å². The summed E-state index contributed by atoms with van der Waals surface area (Å²) in [7, 11) is -2.21. The second-order valence-electron chi connectivity index (χ2n) is 7.25. The molecule has 0 saturated carbocycles. The Bertz CT molecular complexity index is 1330. The lowest BCUT2D eigenvalue weighted by molar-refractivity contribution is 0.0693. The number of aliphatic imine (C=N–C) groups is 1. The first kappa shape index (κ1) is 22.7. The van der Waals surface area contributed by atoms with Crippen LogP contribution in [0.1, 0.15) is 15.9 Å². The molecule has 1 aromatic heterocycles. The van der Waals surface area contributed by atoms with Gasteiger partial charge in [0.25, 0.3) is 15.9 Å². The number of benzene rings is 2. The number of amides is 1. The highest BCUT2D eigenvalue weighted by molar-refractivity contribution is 7.91. The molecule has 0 aliphatic carbocycles. The minimum atomic E-state index is -3.71. The zero-order valence-corrected chi connectivity index (χ0v) is 19.5. The van der Waals surface area contributed by atoms with Crippen LogP contribution in [0.4, 0.5) is 4.39 Å². The highest BCUT2D eigenvalue weighted by atomic mass is 35.5. The molecule has 3 aromatic rings. The molecule has 32 heavy (non-hydrogen) atoms. The molecule has 4 rings (SSSR count). The Morgan fingerprint density at radius 2 is 1.84 bits per heavy atom. The second-order valence-corrected chi connectivity index (χ2v) is 10.9. The third kappa shape index (κ3) is 4.23. The van der Waals surface area contributed by atoms with Crippen molar-refractivity contribution in [3.05, 3.63) is 64.4 Å². The zero-order chi connectivity index (χ0) is 23.0. The summed E-state index contributed by atoms with van der Waals surface area (Å²) < 4.78 is 43.0. The maximum absolute atomic E-state index is 14.5. The number of nitrogens with two attached hydrogens (primary N) is 1. The number of carbonyl (C=O) groups excluding carboxylic acids is 1. The van der Waals surface area contributed by atoms with Crippen LogP contribution in [-0.2, 0) is 10.0 Å². The molecule has 1 fully saturated rings. The molecule has 0 spiro atoms. The predicted octanol–water partition coefficient (Wildman–Crippen LogP) is 3.18. The van der Waals surface area contributed by atoms with Gasteiger partial charge in [0.2, 0.25) is 0 Å². The molecule has 168 valence electrons. The average Bonchev–Trinajstić information content (AvgIpc) is 3.22. The van der Waals surface area contributed by atoms with E-state index in [4.69, 9.17) is 17.3 Å². The molecule has 2 aromatic carbocycles. The van der Waals surface area contributed by atoms with Crippen LogP contribution in [0.5, 0.6) is 0 Å². The van der Waals surface area contributed by atoms with Gasteiger partial charge in [0.05, 0.1) is 5.56 Å². The first-order chi connectivity index (χ1) is 15.2. The number of sulfonamides is 1. The van der Waals surface area contributed by atoms with Gasteiger partial charge in [-0.25, -0.2) is 12.8 Å². The summed E-state index contributed by atoms with van der Waals surface area (Å²) in [5.74, 6) is -1.02. The molecule has 7 nitrogen and oxygen atoms in total. The monoisotopic (exact) mass is 494 g/mol. The van der Waals surface area contributed by atoms with Crippen molar-refractivity contribution >= 4 is 54.8 Å². The predicted molar refractivity (Wildman–Crippen MR) is 125 cm³/mol. The number of nitrogens with zero attached hydrogens (tertiary/aromatic N) is 3. The molecule has 2 N–H and O–H groups in total. The van der Waals surface area contributed by atoms with Gasteiger partial charge < -0.3 is 10.6 Å². The van der Waals surface area contributed by atoms with E-state index in [1.807, 2.05) is 0 Å². The lowest BCUT2D eigenvalue weighted by Gasteiger charge is -2.33. The van der Waals surface area contributed by atoms with E-state index in [1.54, 1.807) is 24.3 Å². The first-order valence-electron chi connectivity index (χ1n) is 9.71. The van der Waals surface area contributed by atoms with Crippen LogP contribution in [0.25, 0.3) is 10.1 Å². The number of hydrogen-bond donors (Lipinski definition) is 1. The minimum absolute atomic E-state index is 0.0876. The Kier molecular flexibility index (Phi) is 6.22. The topological polar surface area (TPSA) is 96.1 Å². The van der Waals surface area contributed by atoms with Crippen molar-refractivity contribution in [1.82, 2.24) is 9.21 Å². The first-order valence-corrected chi connectivity index (χ1v) is 12.3. The molecule has 1 aliphatic rings. The van der Waals surface area contributed by atoms with E-state index in [0.29, 0.717) is 10.6 Å². The van der Waals surface area contributed by atoms with Crippen molar-refractivity contribution in [2.75, 3.05) is 33.2 Å². The van der Waals surface area contributed by atoms with Gasteiger partial charge in [-0.1, -0.05) is 23.7 Å². The summed E-state index contributed by atoms with van der Waals surface area (Å²) in [6.07, 6.45) is 0. The van der Waals surface area contributed by atoms with E-state index >= 15 is 0 Å². The molecule has 0 atom stereocenters. The van der Waals surface area contributed by atoms with Crippen LogP contribution in [0.3, 0.4) is 0 Å². The average molecular weight is 495 g/mol. The van der Waals surface area contributed by atoms with Crippen LogP contribution in [-0.4, -0.2) is 62.6 Å². The molecular formula is C21H20ClFN4O3S2. The van der Waals surface area contributed by atoms with Gasteiger partial charge in [0, 0.05) is 48.5 Å². The zero-order valence-electron chi connectivity index (χ0n) is 17.1. The Labute approximate surface area is 194 Å². The van der Waals surface area contributed by atoms with Crippen molar-refractivity contribution in [2.24, 2.45) is 10.7 Å². The van der Waals surface area contributed by atoms with E-state index in [-0.39, 0.29) is 41.8 Å². The summed E-state index contributed by atoms with van der Waals surface area (Å²) in [6, 6.07) is 10.9. The fourth-order valence-electron chi connectivity index (χ4n) is 3.51. The lowest BCUT2D eigenvalue weighted by atomic mass is 10.1. The van der Waals surface area contributed by atoms with Gasteiger partial charge in [0.15, 0.2) is 0 Å². The van der Waals surface area contributed by atoms with E-state index in [9.17, 15) is 17.6 Å². The summed E-state index contributed by atoms with van der Waals surface area (Å²) in [5.41, 5.74) is 5.99. The number of halogens is 2. The van der Waals surface area contributed by atoms with Crippen molar-refractivity contribution in [2.45, 2.75) is 4.21 Å². The Hall–Kier alpha value is -2.53. The third-order valence-corrected chi connectivity index (χ3v) is 9.00. The molecule has 1 saturated heterocycles. The normalized spacial score (nSPS) is 16.0. The summed E-state index contributed by atoms with van der Waals surface area (Å²) in [6.45, 7) is 0.569. The number of thiophene rings is 1. The maximum atomic E-state index is 14.5. The number of piperazine rings is 1. The smallest absolute Gasteiger partial charge is 0.256 e. The molecule has 2 heterocycles. The summed E-state index contributed by atoms with van der Waals surface area (Å²) >= 11 is 7.16. The van der Waals surface area contributed by atoms with E-state index in [1.165, 1.54) is 34.5 Å². The van der Waals surface area contributed by atoms with Crippen molar-refractivity contribution in [1.29, 1.82) is 0 Å². The fourth-order valence-corrected chi connectivity index (χ4v) is 6.77. The molecule has 11 heteroatoms. The highest BCUT2D eigenvalue weighted by Gasteiger charge is 2.32. The van der Waals surface area contributed by atoms with Gasteiger partial charge in [-0.15, -0.1) is 11.3 Å². The molecular weight excluding hydrogens is 475 g/mol. The molecule has 0 bridgehead atoms. The molecule has 0 unspecified atom stereocenters. The molecule has 1 aliphatic heterocycles. The fraction of sp³-hybridized carbons (Fsp3) is 0.238. The number of rotatable bonds is 4. The Balaban J connectivity index is 1.48. The van der Waals surface area contributed by atoms with Crippen LogP contribution < -0.4 is 5.73 Å². The molecule has 1 amide bonds. The second kappa shape index (κ2) is 8.78. The third-order valence-electron chi connectivity index (χ3n) is 5.32. The highest BCUT2D eigenvalue weighted by Crippen LogP contribution is 2.33. The van der Waals surface area contributed by atoms with Gasteiger partial charge in [0.1, 0.15) is 15.9 Å². The van der Waals surface area contributed by atoms with Crippen LogP contribution >= 0.6 is 22.9 Å². The summed E-state index contributed by atoms with van der Waals surface area (Å²) in [5, 5.41) is 1.35. The standard InChI is InChI=1S/C21H20ClFN4O3S2/c1-25-20(24)14-3-5-16(17(23)10-14)21(28)26-6-8-27(9-7-26)32(29,30)19-11-13-2-4-15(22)12-18(13)31-19/h2-5,10-12H,6-9H2,1H3,(H2,24,25). The Morgan fingerprint density at radius 1 is 1.12 bits per heavy atom. The van der Waals surface area contributed by atoms with Crippen LogP contribution in [0.2, 0.25) is 5.02 Å². The van der Waals surface area contributed by atoms with Gasteiger partial charge in [-0.2, -0.15) is 4.31 Å². The van der Waals surface area contributed by atoms with Gasteiger partial charge in [-0.05, 0) is 35.7 Å². The number of hydrogen-bond acceptors (Lipinski definition) is 5. The number of fused-ring (bicyclic) bond motifs is 1. The lowest BCUT2D eigenvalue weighted by Crippen LogP contribution is -2.50. The largest absolute Gasteiger partial charge is 0.384 e. The minimum Gasteiger partial charge on any atom is -0.384 e. The van der Waals surface area contributed by atoms with Gasteiger partial charge >= 0.3 is 0 Å². The van der Waals surface area contributed by atoms with E-state index in [0.717, 1.165) is 21.4 Å². The van der Waals surface area contributed by atoms with Gasteiger partial charge in [-0.3, -0.25) is 9.79 Å². The maximum Gasteiger partial charge on any atom is 0.256 e. The van der Waals surface area contributed by atoms with E-state index in [2.05, 4.69) is 4.99 Å². The quantitative estimate of drug-likeness (QED) is 0.445. The number of amidine groups is 1. The SMILES string of the molecule is CN=C(N)c1ccc(C(=O)N2CCN(S(=O)(=O)c3cc4ccc(Cl)cc4s3)CC2)c(F)c1. The molecule has 0 radical (unpaired) electrons.